The van der Waals surface area contributed by atoms with E-state index in [0.717, 1.165) is 5.82 Å². The Bertz CT molecular complexity index is 272. The third-order valence-electron chi connectivity index (χ3n) is 1.60. The number of ether oxygens (including phenoxy) is 1. The molecule has 0 saturated carbocycles. The molecule has 0 aliphatic heterocycles. The molecule has 0 aliphatic carbocycles. The summed E-state index contributed by atoms with van der Waals surface area (Å²) in [6, 6.07) is 0.433. The van der Waals surface area contributed by atoms with Crippen molar-refractivity contribution in [2.75, 3.05) is 7.11 Å². The van der Waals surface area contributed by atoms with Crippen molar-refractivity contribution in [3.05, 3.63) is 5.82 Å². The summed E-state index contributed by atoms with van der Waals surface area (Å²) in [5.41, 5.74) is 0.0124. The molecular formula is C8H15N3O. The fourth-order valence-electron chi connectivity index (χ4n) is 1.10. The van der Waals surface area contributed by atoms with E-state index in [4.69, 9.17) is 4.74 Å². The SMILES string of the molecule is COc1nc(C(C)(C)C)n(C)n1. The lowest BCUT2D eigenvalue weighted by Gasteiger charge is -2.15. The first-order valence-electron chi connectivity index (χ1n) is 3.90. The quantitative estimate of drug-likeness (QED) is 0.632. The van der Waals surface area contributed by atoms with E-state index in [-0.39, 0.29) is 5.41 Å². The molecule has 0 fully saturated rings. The number of aryl methyl sites for hydroxylation is 1. The van der Waals surface area contributed by atoms with Crippen LogP contribution in [0.25, 0.3) is 0 Å². The van der Waals surface area contributed by atoms with Crippen LogP contribution in [0.4, 0.5) is 0 Å². The lowest BCUT2D eigenvalue weighted by Crippen LogP contribution is -2.17. The Hall–Kier alpha value is -1.06. The van der Waals surface area contributed by atoms with Gasteiger partial charge in [0.2, 0.25) is 0 Å². The van der Waals surface area contributed by atoms with Gasteiger partial charge in [0.05, 0.1) is 7.11 Å². The van der Waals surface area contributed by atoms with Crippen LogP contribution in [0.2, 0.25) is 0 Å². The van der Waals surface area contributed by atoms with Crippen LogP contribution in [-0.4, -0.2) is 21.9 Å². The molecule has 0 saturated heterocycles. The van der Waals surface area contributed by atoms with Crippen molar-refractivity contribution in [1.29, 1.82) is 0 Å². The van der Waals surface area contributed by atoms with Crippen LogP contribution in [0.3, 0.4) is 0 Å². The summed E-state index contributed by atoms with van der Waals surface area (Å²) >= 11 is 0. The molecule has 0 atom stereocenters. The van der Waals surface area contributed by atoms with Crippen LogP contribution in [0.5, 0.6) is 6.01 Å². The van der Waals surface area contributed by atoms with Crippen LogP contribution >= 0.6 is 0 Å². The van der Waals surface area contributed by atoms with Gasteiger partial charge < -0.3 is 4.74 Å². The number of hydrogen-bond donors (Lipinski definition) is 0. The van der Waals surface area contributed by atoms with Gasteiger partial charge in [-0.1, -0.05) is 20.8 Å². The molecule has 0 aromatic carbocycles. The Morgan fingerprint density at radius 3 is 2.17 bits per heavy atom. The zero-order valence-electron chi connectivity index (χ0n) is 8.25. The number of methoxy groups -OCH3 is 1. The van der Waals surface area contributed by atoms with Crippen molar-refractivity contribution in [1.82, 2.24) is 14.8 Å². The standard InChI is InChI=1S/C8H15N3O/c1-8(2,3)6-9-7(12-5)10-11(6)4/h1-5H3. The molecule has 0 amide bonds. The fourth-order valence-corrected chi connectivity index (χ4v) is 1.10. The zero-order chi connectivity index (χ0) is 9.35. The lowest BCUT2D eigenvalue weighted by molar-refractivity contribution is 0.378. The maximum Gasteiger partial charge on any atom is 0.335 e. The maximum atomic E-state index is 4.93. The van der Waals surface area contributed by atoms with Crippen LogP contribution in [0.15, 0.2) is 0 Å². The predicted molar refractivity (Wildman–Crippen MR) is 46.3 cm³/mol. The highest BCUT2D eigenvalue weighted by molar-refractivity contribution is 5.06. The van der Waals surface area contributed by atoms with Gasteiger partial charge in [-0.05, 0) is 0 Å². The first-order chi connectivity index (χ1) is 5.45. The molecule has 0 radical (unpaired) electrons. The minimum Gasteiger partial charge on any atom is -0.466 e. The van der Waals surface area contributed by atoms with E-state index in [2.05, 4.69) is 30.9 Å². The van der Waals surface area contributed by atoms with Gasteiger partial charge in [-0.15, -0.1) is 5.10 Å². The van der Waals surface area contributed by atoms with Crippen LogP contribution < -0.4 is 4.74 Å². The second-order valence-corrected chi connectivity index (χ2v) is 3.80. The molecule has 68 valence electrons. The number of aromatic nitrogens is 3. The molecule has 1 rings (SSSR count). The second-order valence-electron chi connectivity index (χ2n) is 3.80. The van der Waals surface area contributed by atoms with Gasteiger partial charge in [-0.2, -0.15) is 4.98 Å². The van der Waals surface area contributed by atoms with Crippen molar-refractivity contribution in [2.24, 2.45) is 7.05 Å². The van der Waals surface area contributed by atoms with Gasteiger partial charge in [-0.3, -0.25) is 0 Å². The van der Waals surface area contributed by atoms with E-state index in [1.165, 1.54) is 0 Å². The summed E-state index contributed by atoms with van der Waals surface area (Å²) in [6.45, 7) is 6.28. The van der Waals surface area contributed by atoms with E-state index >= 15 is 0 Å². The fraction of sp³-hybridized carbons (Fsp3) is 0.750. The molecule has 0 spiro atoms. The van der Waals surface area contributed by atoms with Crippen LogP contribution in [0.1, 0.15) is 26.6 Å². The molecule has 0 unspecified atom stereocenters. The summed E-state index contributed by atoms with van der Waals surface area (Å²) in [5.74, 6) is 0.930. The van der Waals surface area contributed by atoms with Gasteiger partial charge in [0.1, 0.15) is 5.82 Å². The summed E-state index contributed by atoms with van der Waals surface area (Å²) < 4.78 is 6.68. The molecule has 1 aromatic rings. The van der Waals surface area contributed by atoms with Gasteiger partial charge in [-0.25, -0.2) is 4.68 Å². The molecule has 0 aliphatic rings. The van der Waals surface area contributed by atoms with E-state index in [1.807, 2.05) is 7.05 Å². The average Bonchev–Trinajstić information content (AvgIpc) is 2.29. The average molecular weight is 169 g/mol. The molecule has 4 heteroatoms. The Morgan fingerprint density at radius 1 is 1.33 bits per heavy atom. The molecule has 12 heavy (non-hydrogen) atoms. The minimum absolute atomic E-state index is 0.0124. The first kappa shape index (κ1) is 9.03. The highest BCUT2D eigenvalue weighted by Gasteiger charge is 2.21. The molecular weight excluding hydrogens is 154 g/mol. The highest BCUT2D eigenvalue weighted by Crippen LogP contribution is 2.20. The normalized spacial score (nSPS) is 11.8. The van der Waals surface area contributed by atoms with Crippen molar-refractivity contribution < 1.29 is 4.74 Å². The van der Waals surface area contributed by atoms with Crippen molar-refractivity contribution in [3.8, 4) is 6.01 Å². The summed E-state index contributed by atoms with van der Waals surface area (Å²) in [7, 11) is 3.44. The molecule has 1 heterocycles. The Morgan fingerprint density at radius 2 is 1.92 bits per heavy atom. The molecule has 4 nitrogen and oxygen atoms in total. The van der Waals surface area contributed by atoms with E-state index in [1.54, 1.807) is 11.8 Å². The van der Waals surface area contributed by atoms with E-state index in [0.29, 0.717) is 6.01 Å². The Kier molecular flexibility index (Phi) is 2.08. The van der Waals surface area contributed by atoms with Gasteiger partial charge in [0.25, 0.3) is 0 Å². The van der Waals surface area contributed by atoms with Crippen molar-refractivity contribution >= 4 is 0 Å². The summed E-state index contributed by atoms with van der Waals surface area (Å²) in [4.78, 5) is 4.23. The van der Waals surface area contributed by atoms with Gasteiger partial charge >= 0.3 is 6.01 Å². The number of nitrogens with zero attached hydrogens (tertiary/aromatic N) is 3. The second kappa shape index (κ2) is 2.77. The van der Waals surface area contributed by atoms with Gasteiger partial charge in [0.15, 0.2) is 0 Å². The summed E-state index contributed by atoms with van der Waals surface area (Å²) in [6.07, 6.45) is 0. The largest absolute Gasteiger partial charge is 0.466 e. The maximum absolute atomic E-state index is 4.93. The number of rotatable bonds is 1. The predicted octanol–water partition coefficient (Wildman–Crippen LogP) is 1.12. The monoisotopic (exact) mass is 169 g/mol. The van der Waals surface area contributed by atoms with Gasteiger partial charge in [0, 0.05) is 12.5 Å². The molecule has 0 N–H and O–H groups in total. The lowest BCUT2D eigenvalue weighted by atomic mass is 9.96. The van der Waals surface area contributed by atoms with E-state index in [9.17, 15) is 0 Å². The molecule has 1 aromatic heterocycles. The summed E-state index contributed by atoms with van der Waals surface area (Å²) in [5, 5.41) is 4.08. The molecule has 0 bridgehead atoms. The minimum atomic E-state index is 0.0124. The number of hydrogen-bond acceptors (Lipinski definition) is 3. The Labute approximate surface area is 72.6 Å². The van der Waals surface area contributed by atoms with Crippen LogP contribution in [0, 0.1) is 0 Å². The first-order valence-corrected chi connectivity index (χ1v) is 3.90. The van der Waals surface area contributed by atoms with Crippen molar-refractivity contribution in [3.63, 3.8) is 0 Å². The smallest absolute Gasteiger partial charge is 0.335 e. The third-order valence-corrected chi connectivity index (χ3v) is 1.60. The van der Waals surface area contributed by atoms with E-state index < -0.39 is 0 Å². The van der Waals surface area contributed by atoms with Crippen molar-refractivity contribution in [2.45, 2.75) is 26.2 Å². The topological polar surface area (TPSA) is 39.9 Å². The third kappa shape index (κ3) is 1.57. The highest BCUT2D eigenvalue weighted by atomic mass is 16.5. The Balaban J connectivity index is 3.08. The zero-order valence-corrected chi connectivity index (χ0v) is 8.25. The van der Waals surface area contributed by atoms with Crippen LogP contribution in [-0.2, 0) is 12.5 Å².